The minimum atomic E-state index is -0.133. The molecule has 1 amide bonds. The summed E-state index contributed by atoms with van der Waals surface area (Å²) in [4.78, 5) is 15.5. The Balaban J connectivity index is 2.75. The quantitative estimate of drug-likeness (QED) is 0.848. The summed E-state index contributed by atoms with van der Waals surface area (Å²) in [6, 6.07) is 7.94. The zero-order valence-corrected chi connectivity index (χ0v) is 11.7. The summed E-state index contributed by atoms with van der Waals surface area (Å²) in [5.41, 5.74) is 8.03. The van der Waals surface area contributed by atoms with E-state index in [1.165, 1.54) is 5.56 Å². The van der Waals surface area contributed by atoms with Crippen molar-refractivity contribution in [2.24, 2.45) is 5.73 Å². The fourth-order valence-electron chi connectivity index (χ4n) is 1.88. The maximum absolute atomic E-state index is 11.9. The fourth-order valence-corrected chi connectivity index (χ4v) is 1.88. The molecule has 1 rings (SSSR count). The molecule has 0 aromatic heterocycles. The number of nitrogens with zero attached hydrogens (tertiary/aromatic N) is 2. The molecule has 1 unspecified atom stereocenters. The standard InChI is InChI=1S/C14H23N3O/c1-11(14(18)16(2)3)17(4)10-13-8-6-5-7-12(13)9-15/h5-8,11H,9-10,15H2,1-4H3. The molecule has 4 heteroatoms. The lowest BCUT2D eigenvalue weighted by atomic mass is 10.1. The van der Waals surface area contributed by atoms with Crippen molar-refractivity contribution in [2.45, 2.75) is 26.1 Å². The van der Waals surface area contributed by atoms with Crippen molar-refractivity contribution in [2.75, 3.05) is 21.1 Å². The molecule has 0 heterocycles. The second-order valence-electron chi connectivity index (χ2n) is 4.80. The van der Waals surface area contributed by atoms with E-state index in [9.17, 15) is 4.79 Å². The number of carbonyl (C=O) groups excluding carboxylic acids is 1. The molecule has 0 bridgehead atoms. The Kier molecular flexibility index (Phi) is 5.31. The topological polar surface area (TPSA) is 49.6 Å². The number of hydrogen-bond acceptors (Lipinski definition) is 3. The number of hydrogen-bond donors (Lipinski definition) is 1. The van der Waals surface area contributed by atoms with Crippen LogP contribution in [0.5, 0.6) is 0 Å². The van der Waals surface area contributed by atoms with Crippen LogP contribution in [0.3, 0.4) is 0 Å². The van der Waals surface area contributed by atoms with Crippen LogP contribution in [-0.4, -0.2) is 42.9 Å². The van der Waals surface area contributed by atoms with Gasteiger partial charge in [-0.2, -0.15) is 0 Å². The molecule has 0 spiro atoms. The van der Waals surface area contributed by atoms with Gasteiger partial charge in [0, 0.05) is 27.2 Å². The lowest BCUT2D eigenvalue weighted by Crippen LogP contribution is -2.42. The number of nitrogens with two attached hydrogens (primary N) is 1. The molecule has 2 N–H and O–H groups in total. The van der Waals surface area contributed by atoms with Gasteiger partial charge in [0.2, 0.25) is 5.91 Å². The molecule has 0 aliphatic carbocycles. The van der Waals surface area contributed by atoms with Crippen LogP contribution < -0.4 is 5.73 Å². The van der Waals surface area contributed by atoms with Crippen LogP contribution in [0.4, 0.5) is 0 Å². The summed E-state index contributed by atoms with van der Waals surface area (Å²) in [5, 5.41) is 0. The van der Waals surface area contributed by atoms with Crippen LogP contribution in [0, 0.1) is 0 Å². The van der Waals surface area contributed by atoms with Crippen molar-refractivity contribution in [1.82, 2.24) is 9.80 Å². The minimum absolute atomic E-state index is 0.114. The third kappa shape index (κ3) is 3.55. The summed E-state index contributed by atoms with van der Waals surface area (Å²) in [5.74, 6) is 0.114. The van der Waals surface area contributed by atoms with Crippen LogP contribution >= 0.6 is 0 Å². The monoisotopic (exact) mass is 249 g/mol. The molecular weight excluding hydrogens is 226 g/mol. The second-order valence-corrected chi connectivity index (χ2v) is 4.80. The third-order valence-corrected chi connectivity index (χ3v) is 3.22. The lowest BCUT2D eigenvalue weighted by molar-refractivity contribution is -0.133. The average Bonchev–Trinajstić information content (AvgIpc) is 2.37. The Labute approximate surface area is 109 Å². The zero-order chi connectivity index (χ0) is 13.7. The van der Waals surface area contributed by atoms with Crippen LogP contribution in [0.2, 0.25) is 0 Å². The largest absolute Gasteiger partial charge is 0.347 e. The normalized spacial score (nSPS) is 12.6. The molecule has 0 radical (unpaired) electrons. The van der Waals surface area contributed by atoms with Gasteiger partial charge in [0.25, 0.3) is 0 Å². The molecule has 0 saturated carbocycles. The van der Waals surface area contributed by atoms with Gasteiger partial charge in [-0.25, -0.2) is 0 Å². The molecule has 1 aromatic rings. The summed E-state index contributed by atoms with van der Waals surface area (Å²) in [7, 11) is 5.51. The van der Waals surface area contributed by atoms with E-state index in [1.807, 2.05) is 37.1 Å². The highest BCUT2D eigenvalue weighted by molar-refractivity contribution is 5.80. The second kappa shape index (κ2) is 6.52. The van der Waals surface area contributed by atoms with Crippen molar-refractivity contribution >= 4 is 5.91 Å². The van der Waals surface area contributed by atoms with Gasteiger partial charge in [0.1, 0.15) is 0 Å². The molecule has 18 heavy (non-hydrogen) atoms. The summed E-state index contributed by atoms with van der Waals surface area (Å²) in [6.07, 6.45) is 0. The van der Waals surface area contributed by atoms with E-state index in [-0.39, 0.29) is 11.9 Å². The van der Waals surface area contributed by atoms with Gasteiger partial charge in [-0.1, -0.05) is 24.3 Å². The predicted molar refractivity (Wildman–Crippen MR) is 74.0 cm³/mol. The summed E-state index contributed by atoms with van der Waals surface area (Å²) in [6.45, 7) is 3.18. The van der Waals surface area contributed by atoms with E-state index in [0.29, 0.717) is 6.54 Å². The Hall–Kier alpha value is -1.39. The first-order valence-corrected chi connectivity index (χ1v) is 6.15. The molecule has 0 saturated heterocycles. The molecule has 100 valence electrons. The maximum atomic E-state index is 11.9. The van der Waals surface area contributed by atoms with Gasteiger partial charge < -0.3 is 10.6 Å². The highest BCUT2D eigenvalue weighted by atomic mass is 16.2. The smallest absolute Gasteiger partial charge is 0.239 e. The number of amides is 1. The van der Waals surface area contributed by atoms with Crippen LogP contribution in [0.15, 0.2) is 24.3 Å². The van der Waals surface area contributed by atoms with E-state index >= 15 is 0 Å². The molecular formula is C14H23N3O. The van der Waals surface area contributed by atoms with Gasteiger partial charge in [-0.3, -0.25) is 9.69 Å². The fraction of sp³-hybridized carbons (Fsp3) is 0.500. The minimum Gasteiger partial charge on any atom is -0.347 e. The molecule has 1 atom stereocenters. The van der Waals surface area contributed by atoms with Gasteiger partial charge in [-0.15, -0.1) is 0 Å². The van der Waals surface area contributed by atoms with Crippen LogP contribution in [0.25, 0.3) is 0 Å². The van der Waals surface area contributed by atoms with Crippen molar-refractivity contribution < 1.29 is 4.79 Å². The van der Waals surface area contributed by atoms with Gasteiger partial charge in [0.05, 0.1) is 6.04 Å². The van der Waals surface area contributed by atoms with E-state index in [4.69, 9.17) is 5.73 Å². The van der Waals surface area contributed by atoms with Crippen molar-refractivity contribution in [3.05, 3.63) is 35.4 Å². The molecule has 0 aliphatic heterocycles. The molecule has 0 fully saturated rings. The highest BCUT2D eigenvalue weighted by Crippen LogP contribution is 2.12. The van der Waals surface area contributed by atoms with Crippen molar-refractivity contribution in [3.63, 3.8) is 0 Å². The van der Waals surface area contributed by atoms with Crippen LogP contribution in [0.1, 0.15) is 18.1 Å². The van der Waals surface area contributed by atoms with E-state index in [1.54, 1.807) is 19.0 Å². The Morgan fingerprint density at radius 2 is 1.78 bits per heavy atom. The van der Waals surface area contributed by atoms with Crippen molar-refractivity contribution in [3.8, 4) is 0 Å². The number of likely N-dealkylation sites (N-methyl/N-ethyl adjacent to an activating group) is 2. The predicted octanol–water partition coefficient (Wildman–Crippen LogP) is 1.05. The highest BCUT2D eigenvalue weighted by Gasteiger charge is 2.20. The van der Waals surface area contributed by atoms with E-state index in [2.05, 4.69) is 6.07 Å². The third-order valence-electron chi connectivity index (χ3n) is 3.22. The Morgan fingerprint density at radius 1 is 1.22 bits per heavy atom. The maximum Gasteiger partial charge on any atom is 0.239 e. The Morgan fingerprint density at radius 3 is 2.28 bits per heavy atom. The van der Waals surface area contributed by atoms with E-state index in [0.717, 1.165) is 12.1 Å². The van der Waals surface area contributed by atoms with Gasteiger partial charge >= 0.3 is 0 Å². The lowest BCUT2D eigenvalue weighted by Gasteiger charge is -2.27. The molecule has 4 nitrogen and oxygen atoms in total. The number of carbonyl (C=O) groups is 1. The summed E-state index contributed by atoms with van der Waals surface area (Å²) < 4.78 is 0. The molecule has 0 aliphatic rings. The van der Waals surface area contributed by atoms with Gasteiger partial charge in [-0.05, 0) is 25.1 Å². The average molecular weight is 249 g/mol. The zero-order valence-electron chi connectivity index (χ0n) is 11.7. The first kappa shape index (κ1) is 14.7. The number of rotatable bonds is 5. The number of benzene rings is 1. The SMILES string of the molecule is CC(C(=O)N(C)C)N(C)Cc1ccccc1CN. The Bertz CT molecular complexity index is 404. The van der Waals surface area contributed by atoms with Crippen LogP contribution in [-0.2, 0) is 17.9 Å². The first-order valence-electron chi connectivity index (χ1n) is 6.15. The first-order chi connectivity index (χ1) is 8.47. The molecule has 1 aromatic carbocycles. The summed E-state index contributed by atoms with van der Waals surface area (Å²) >= 11 is 0. The van der Waals surface area contributed by atoms with Crippen molar-refractivity contribution in [1.29, 1.82) is 0 Å². The van der Waals surface area contributed by atoms with E-state index < -0.39 is 0 Å². The van der Waals surface area contributed by atoms with Gasteiger partial charge in [0.15, 0.2) is 0 Å².